The van der Waals surface area contributed by atoms with E-state index in [1.807, 2.05) is 103 Å². The van der Waals surface area contributed by atoms with Gasteiger partial charge < -0.3 is 15.5 Å². The molecule has 5 aromatic rings. The largest absolute Gasteiger partial charge is 0.372 e. The Morgan fingerprint density at radius 1 is 0.689 bits per heavy atom. The molecule has 0 aromatic heterocycles. The standard InChI is InChI=1S/C40H39N3O2/c44-38(29-41-28-30-12-4-1-5-13-30)39(32-16-8-3-9-17-32)33-24-26-43(27-25-33)35-22-20-34(21-23-35)42-40(45)37-19-11-10-18-36(37)31-14-6-2-7-15-31/h1-23,33,39,41H,24-29H2,(H,42,45). The van der Waals surface area contributed by atoms with Crippen LogP contribution in [0.15, 0.2) is 140 Å². The van der Waals surface area contributed by atoms with Crippen molar-refractivity contribution in [3.05, 3.63) is 156 Å². The highest BCUT2D eigenvalue weighted by atomic mass is 16.1. The number of benzene rings is 5. The summed E-state index contributed by atoms with van der Waals surface area (Å²) < 4.78 is 0. The number of hydrogen-bond acceptors (Lipinski definition) is 4. The smallest absolute Gasteiger partial charge is 0.256 e. The summed E-state index contributed by atoms with van der Waals surface area (Å²) in [6.45, 7) is 2.81. The monoisotopic (exact) mass is 593 g/mol. The lowest BCUT2D eigenvalue weighted by Crippen LogP contribution is -2.39. The van der Waals surface area contributed by atoms with Gasteiger partial charge in [0.1, 0.15) is 0 Å². The molecule has 0 bridgehead atoms. The molecule has 0 saturated carbocycles. The SMILES string of the molecule is O=C(Nc1ccc(N2CCC(C(C(=O)CNCc3ccccc3)c3ccccc3)CC2)cc1)c1ccccc1-c1ccccc1. The molecule has 1 amide bonds. The first-order valence-corrected chi connectivity index (χ1v) is 15.8. The molecule has 226 valence electrons. The molecule has 1 aliphatic heterocycles. The third-order valence-electron chi connectivity index (χ3n) is 8.73. The third kappa shape index (κ3) is 7.57. The number of rotatable bonds is 11. The Morgan fingerprint density at radius 2 is 1.29 bits per heavy atom. The molecule has 0 radical (unpaired) electrons. The molecule has 1 atom stereocenters. The summed E-state index contributed by atoms with van der Waals surface area (Å²) in [4.78, 5) is 29.2. The first-order valence-electron chi connectivity index (χ1n) is 15.8. The summed E-state index contributed by atoms with van der Waals surface area (Å²) in [5.41, 5.74) is 6.75. The van der Waals surface area contributed by atoms with Crippen LogP contribution in [0.25, 0.3) is 11.1 Å². The van der Waals surface area contributed by atoms with Crippen molar-refractivity contribution in [1.82, 2.24) is 5.32 Å². The number of amides is 1. The van der Waals surface area contributed by atoms with Crippen molar-refractivity contribution in [3.63, 3.8) is 0 Å². The zero-order valence-electron chi connectivity index (χ0n) is 25.4. The average Bonchev–Trinajstić information content (AvgIpc) is 3.10. The Hall–Kier alpha value is -5.00. The number of hydrogen-bond donors (Lipinski definition) is 2. The third-order valence-corrected chi connectivity index (χ3v) is 8.73. The van der Waals surface area contributed by atoms with Gasteiger partial charge in [-0.2, -0.15) is 0 Å². The lowest BCUT2D eigenvalue weighted by atomic mass is 9.77. The van der Waals surface area contributed by atoms with Crippen LogP contribution in [0.2, 0.25) is 0 Å². The second-order valence-corrected chi connectivity index (χ2v) is 11.7. The summed E-state index contributed by atoms with van der Waals surface area (Å²) in [5.74, 6) is 0.299. The van der Waals surface area contributed by atoms with Crippen LogP contribution in [0.5, 0.6) is 0 Å². The first-order chi connectivity index (χ1) is 22.2. The fraction of sp³-hybridized carbons (Fsp3) is 0.200. The Bertz CT molecular complexity index is 1680. The molecule has 1 aliphatic rings. The molecule has 1 fully saturated rings. The van der Waals surface area contributed by atoms with Crippen LogP contribution in [-0.2, 0) is 11.3 Å². The highest BCUT2D eigenvalue weighted by Gasteiger charge is 2.32. The van der Waals surface area contributed by atoms with E-state index in [9.17, 15) is 9.59 Å². The van der Waals surface area contributed by atoms with E-state index in [4.69, 9.17) is 0 Å². The van der Waals surface area contributed by atoms with Gasteiger partial charge in [-0.05, 0) is 71.3 Å². The quantitative estimate of drug-likeness (QED) is 0.163. The molecule has 0 aliphatic carbocycles. The number of carbonyl (C=O) groups excluding carboxylic acids is 2. The van der Waals surface area contributed by atoms with Gasteiger partial charge in [0.25, 0.3) is 5.91 Å². The van der Waals surface area contributed by atoms with Gasteiger partial charge in [-0.3, -0.25) is 9.59 Å². The van der Waals surface area contributed by atoms with Crippen molar-refractivity contribution in [1.29, 1.82) is 0 Å². The summed E-state index contributed by atoms with van der Waals surface area (Å²) in [6.07, 6.45) is 1.89. The van der Waals surface area contributed by atoms with Gasteiger partial charge >= 0.3 is 0 Å². The minimum absolute atomic E-state index is 0.118. The minimum atomic E-state index is -0.127. The Kier molecular flexibility index (Phi) is 9.78. The van der Waals surface area contributed by atoms with Crippen molar-refractivity contribution < 1.29 is 9.59 Å². The van der Waals surface area contributed by atoms with Crippen LogP contribution < -0.4 is 15.5 Å². The van der Waals surface area contributed by atoms with Crippen LogP contribution >= 0.6 is 0 Å². The minimum Gasteiger partial charge on any atom is -0.372 e. The normalized spacial score (nSPS) is 14.1. The van der Waals surface area contributed by atoms with E-state index < -0.39 is 0 Å². The first kappa shape index (κ1) is 30.0. The number of ketones is 1. The van der Waals surface area contributed by atoms with Crippen LogP contribution in [0.4, 0.5) is 11.4 Å². The number of piperidine rings is 1. The Labute approximate surface area is 265 Å². The van der Waals surface area contributed by atoms with Crippen LogP contribution in [0.1, 0.15) is 40.2 Å². The second kappa shape index (κ2) is 14.7. The molecular weight excluding hydrogens is 554 g/mol. The van der Waals surface area contributed by atoms with E-state index in [0.29, 0.717) is 18.7 Å². The van der Waals surface area contributed by atoms with Gasteiger partial charge in [0.2, 0.25) is 0 Å². The summed E-state index contributed by atoms with van der Waals surface area (Å²) in [7, 11) is 0. The number of anilines is 2. The number of Topliss-reactive ketones (excluding diaryl/α,β-unsaturated/α-hetero) is 1. The lowest BCUT2D eigenvalue weighted by Gasteiger charge is -2.37. The van der Waals surface area contributed by atoms with Crippen molar-refractivity contribution in [2.75, 3.05) is 29.9 Å². The van der Waals surface area contributed by atoms with Gasteiger partial charge in [0.05, 0.1) is 6.54 Å². The fourth-order valence-electron chi connectivity index (χ4n) is 6.41. The molecule has 1 saturated heterocycles. The highest BCUT2D eigenvalue weighted by molar-refractivity contribution is 6.08. The molecule has 1 heterocycles. The van der Waals surface area contributed by atoms with E-state index >= 15 is 0 Å². The molecule has 1 unspecified atom stereocenters. The lowest BCUT2D eigenvalue weighted by molar-refractivity contribution is -0.121. The van der Waals surface area contributed by atoms with Gasteiger partial charge in [-0.25, -0.2) is 0 Å². The summed E-state index contributed by atoms with van der Waals surface area (Å²) in [5, 5.41) is 6.45. The van der Waals surface area contributed by atoms with Gasteiger partial charge in [-0.15, -0.1) is 0 Å². The van der Waals surface area contributed by atoms with E-state index in [0.717, 1.165) is 54.0 Å². The Morgan fingerprint density at radius 3 is 1.98 bits per heavy atom. The van der Waals surface area contributed by atoms with Crippen LogP contribution in [0.3, 0.4) is 0 Å². The zero-order valence-corrected chi connectivity index (χ0v) is 25.4. The van der Waals surface area contributed by atoms with E-state index in [1.165, 1.54) is 5.56 Å². The van der Waals surface area contributed by atoms with E-state index in [1.54, 1.807) is 0 Å². The molecular formula is C40H39N3O2. The summed E-state index contributed by atoms with van der Waals surface area (Å²) >= 11 is 0. The van der Waals surface area contributed by atoms with E-state index in [-0.39, 0.29) is 23.5 Å². The number of carbonyl (C=O) groups is 2. The van der Waals surface area contributed by atoms with Crippen LogP contribution in [0, 0.1) is 5.92 Å². The molecule has 6 rings (SSSR count). The van der Waals surface area contributed by atoms with E-state index in [2.05, 4.69) is 51.9 Å². The molecule has 5 heteroatoms. The number of nitrogens with one attached hydrogen (secondary N) is 2. The Balaban J connectivity index is 1.07. The van der Waals surface area contributed by atoms with Crippen LogP contribution in [-0.4, -0.2) is 31.3 Å². The highest BCUT2D eigenvalue weighted by Crippen LogP contribution is 2.35. The molecule has 5 nitrogen and oxygen atoms in total. The second-order valence-electron chi connectivity index (χ2n) is 11.7. The van der Waals surface area contributed by atoms with Crippen molar-refractivity contribution in [2.24, 2.45) is 5.92 Å². The zero-order chi connectivity index (χ0) is 30.8. The maximum atomic E-state index is 13.6. The van der Waals surface area contributed by atoms with Crippen molar-refractivity contribution in [3.8, 4) is 11.1 Å². The van der Waals surface area contributed by atoms with Crippen molar-refractivity contribution >= 4 is 23.1 Å². The maximum absolute atomic E-state index is 13.6. The predicted molar refractivity (Wildman–Crippen MR) is 184 cm³/mol. The summed E-state index contributed by atoms with van der Waals surface area (Å²) in [6, 6.07) is 46.2. The van der Waals surface area contributed by atoms with Gasteiger partial charge in [-0.1, -0.05) is 109 Å². The van der Waals surface area contributed by atoms with Gasteiger partial charge in [0, 0.05) is 42.5 Å². The number of nitrogens with zero attached hydrogens (tertiary/aromatic N) is 1. The maximum Gasteiger partial charge on any atom is 0.256 e. The fourth-order valence-corrected chi connectivity index (χ4v) is 6.41. The molecule has 2 N–H and O–H groups in total. The van der Waals surface area contributed by atoms with Gasteiger partial charge in [0.15, 0.2) is 5.78 Å². The topological polar surface area (TPSA) is 61.4 Å². The molecule has 5 aromatic carbocycles. The molecule has 45 heavy (non-hydrogen) atoms. The average molecular weight is 594 g/mol. The van der Waals surface area contributed by atoms with Crippen molar-refractivity contribution in [2.45, 2.75) is 25.3 Å². The molecule has 0 spiro atoms. The predicted octanol–water partition coefficient (Wildman–Crippen LogP) is 7.97.